The zero-order valence-corrected chi connectivity index (χ0v) is 13.3. The Morgan fingerprint density at radius 1 is 1.60 bits per heavy atom. The first kappa shape index (κ1) is 14.9. The smallest absolute Gasteiger partial charge is 0.243 e. The fourth-order valence-electron chi connectivity index (χ4n) is 1.83. The SMILES string of the molecule is CC[C@H](C)NC(=O)[C@@H](C)n1c(-c2cccs2)n[nH]c1=S. The van der Waals surface area contributed by atoms with Crippen LogP contribution in [-0.4, -0.2) is 26.7 Å². The summed E-state index contributed by atoms with van der Waals surface area (Å²) in [6, 6.07) is 3.67. The second-order valence-corrected chi connectivity index (χ2v) is 6.03. The number of aromatic nitrogens is 3. The summed E-state index contributed by atoms with van der Waals surface area (Å²) in [7, 11) is 0. The fraction of sp³-hybridized carbons (Fsp3) is 0.462. The van der Waals surface area contributed by atoms with Gasteiger partial charge in [0, 0.05) is 6.04 Å². The summed E-state index contributed by atoms with van der Waals surface area (Å²) in [4.78, 5) is 13.3. The van der Waals surface area contributed by atoms with E-state index in [9.17, 15) is 4.79 Å². The van der Waals surface area contributed by atoms with Crippen molar-refractivity contribution in [1.29, 1.82) is 0 Å². The van der Waals surface area contributed by atoms with Crippen LogP contribution < -0.4 is 5.32 Å². The van der Waals surface area contributed by atoms with Crippen LogP contribution in [0.5, 0.6) is 0 Å². The normalized spacial score (nSPS) is 13.9. The van der Waals surface area contributed by atoms with E-state index in [0.717, 1.165) is 11.3 Å². The third-order valence-electron chi connectivity index (χ3n) is 3.21. The average Bonchev–Trinajstić information content (AvgIpc) is 3.06. The van der Waals surface area contributed by atoms with Crippen molar-refractivity contribution < 1.29 is 4.79 Å². The van der Waals surface area contributed by atoms with Crippen LogP contribution in [-0.2, 0) is 4.79 Å². The number of nitrogens with zero attached hydrogens (tertiary/aromatic N) is 2. The Kier molecular flexibility index (Phi) is 4.72. The van der Waals surface area contributed by atoms with Gasteiger partial charge in [0.25, 0.3) is 0 Å². The molecule has 2 aromatic heterocycles. The van der Waals surface area contributed by atoms with Gasteiger partial charge in [0.05, 0.1) is 4.88 Å². The number of aromatic amines is 1. The summed E-state index contributed by atoms with van der Waals surface area (Å²) >= 11 is 6.82. The van der Waals surface area contributed by atoms with Gasteiger partial charge in [0.2, 0.25) is 5.91 Å². The first-order valence-electron chi connectivity index (χ1n) is 6.55. The predicted octanol–water partition coefficient (Wildman–Crippen LogP) is 3.14. The molecule has 7 heteroatoms. The number of hydrogen-bond acceptors (Lipinski definition) is 4. The molecule has 0 fully saturated rings. The van der Waals surface area contributed by atoms with Crippen LogP contribution in [0.15, 0.2) is 17.5 Å². The molecule has 0 saturated heterocycles. The van der Waals surface area contributed by atoms with Gasteiger partial charge in [-0.1, -0.05) is 13.0 Å². The molecule has 1 amide bonds. The molecule has 2 rings (SSSR count). The van der Waals surface area contributed by atoms with Crippen LogP contribution >= 0.6 is 23.6 Å². The molecule has 0 radical (unpaired) electrons. The minimum atomic E-state index is -0.396. The number of carbonyl (C=O) groups excluding carboxylic acids is 1. The minimum absolute atomic E-state index is 0.0466. The molecule has 0 aliphatic heterocycles. The molecule has 5 nitrogen and oxygen atoms in total. The summed E-state index contributed by atoms with van der Waals surface area (Å²) in [6.45, 7) is 5.86. The average molecular weight is 310 g/mol. The monoisotopic (exact) mass is 310 g/mol. The van der Waals surface area contributed by atoms with Gasteiger partial charge in [-0.2, -0.15) is 5.10 Å². The summed E-state index contributed by atoms with van der Waals surface area (Å²) in [5, 5.41) is 12.0. The van der Waals surface area contributed by atoms with Crippen molar-refractivity contribution in [2.45, 2.75) is 39.3 Å². The highest BCUT2D eigenvalue weighted by molar-refractivity contribution is 7.71. The summed E-state index contributed by atoms with van der Waals surface area (Å²) < 4.78 is 2.22. The van der Waals surface area contributed by atoms with E-state index in [0.29, 0.717) is 10.6 Å². The maximum atomic E-state index is 12.3. The molecule has 2 atom stereocenters. The molecular weight excluding hydrogens is 292 g/mol. The Bertz CT molecular complexity index is 629. The highest BCUT2D eigenvalue weighted by Gasteiger charge is 2.21. The first-order chi connectivity index (χ1) is 9.54. The Morgan fingerprint density at radius 2 is 2.35 bits per heavy atom. The van der Waals surface area contributed by atoms with Gasteiger partial charge in [0.1, 0.15) is 6.04 Å². The van der Waals surface area contributed by atoms with E-state index in [1.165, 1.54) is 0 Å². The Hall–Kier alpha value is -1.47. The summed E-state index contributed by atoms with van der Waals surface area (Å²) in [5.41, 5.74) is 0. The summed E-state index contributed by atoms with van der Waals surface area (Å²) in [5.74, 6) is 0.659. The Balaban J connectivity index is 2.31. The van der Waals surface area contributed by atoms with Crippen LogP contribution in [0.2, 0.25) is 0 Å². The van der Waals surface area contributed by atoms with E-state index in [4.69, 9.17) is 12.2 Å². The van der Waals surface area contributed by atoms with Gasteiger partial charge < -0.3 is 5.32 Å². The molecule has 0 aliphatic rings. The van der Waals surface area contributed by atoms with Crippen LogP contribution in [0.1, 0.15) is 33.2 Å². The molecule has 0 aliphatic carbocycles. The van der Waals surface area contributed by atoms with Crippen LogP contribution in [0.25, 0.3) is 10.7 Å². The highest BCUT2D eigenvalue weighted by atomic mass is 32.1. The topological polar surface area (TPSA) is 62.7 Å². The lowest BCUT2D eigenvalue weighted by molar-refractivity contribution is -0.124. The van der Waals surface area contributed by atoms with Crippen molar-refractivity contribution in [2.24, 2.45) is 0 Å². The van der Waals surface area contributed by atoms with Gasteiger partial charge in [-0.05, 0) is 43.9 Å². The van der Waals surface area contributed by atoms with E-state index in [1.807, 2.05) is 38.3 Å². The Morgan fingerprint density at radius 3 is 2.95 bits per heavy atom. The molecule has 108 valence electrons. The maximum Gasteiger partial charge on any atom is 0.243 e. The van der Waals surface area contributed by atoms with Crippen molar-refractivity contribution in [2.75, 3.05) is 0 Å². The predicted molar refractivity (Wildman–Crippen MR) is 83.3 cm³/mol. The molecule has 0 spiro atoms. The second kappa shape index (κ2) is 6.32. The minimum Gasteiger partial charge on any atom is -0.352 e. The zero-order chi connectivity index (χ0) is 14.7. The number of nitrogens with one attached hydrogen (secondary N) is 2. The van der Waals surface area contributed by atoms with Gasteiger partial charge in [0.15, 0.2) is 10.6 Å². The lowest BCUT2D eigenvalue weighted by atomic mass is 10.2. The number of thiophene rings is 1. The number of carbonyl (C=O) groups is 1. The highest BCUT2D eigenvalue weighted by Crippen LogP contribution is 2.25. The molecule has 2 aromatic rings. The van der Waals surface area contributed by atoms with Crippen molar-refractivity contribution in [1.82, 2.24) is 20.1 Å². The number of amides is 1. The third-order valence-corrected chi connectivity index (χ3v) is 4.37. The van der Waals surface area contributed by atoms with E-state index >= 15 is 0 Å². The van der Waals surface area contributed by atoms with Crippen molar-refractivity contribution in [3.63, 3.8) is 0 Å². The number of hydrogen-bond donors (Lipinski definition) is 2. The molecule has 2 heterocycles. The maximum absolute atomic E-state index is 12.3. The lowest BCUT2D eigenvalue weighted by Gasteiger charge is -2.18. The zero-order valence-electron chi connectivity index (χ0n) is 11.7. The van der Waals surface area contributed by atoms with Crippen LogP contribution in [0, 0.1) is 4.77 Å². The van der Waals surface area contributed by atoms with E-state index in [-0.39, 0.29) is 11.9 Å². The van der Waals surface area contributed by atoms with Crippen molar-refractivity contribution >= 4 is 29.5 Å². The number of rotatable bonds is 5. The number of H-pyrrole nitrogens is 1. The van der Waals surface area contributed by atoms with Crippen LogP contribution in [0.4, 0.5) is 0 Å². The quantitative estimate of drug-likeness (QED) is 0.834. The van der Waals surface area contributed by atoms with Gasteiger partial charge in [-0.15, -0.1) is 11.3 Å². The summed E-state index contributed by atoms with van der Waals surface area (Å²) in [6.07, 6.45) is 0.896. The van der Waals surface area contributed by atoms with E-state index in [1.54, 1.807) is 15.9 Å². The molecule has 0 unspecified atom stereocenters. The van der Waals surface area contributed by atoms with Crippen molar-refractivity contribution in [3.05, 3.63) is 22.3 Å². The van der Waals surface area contributed by atoms with Crippen molar-refractivity contribution in [3.8, 4) is 10.7 Å². The standard InChI is InChI=1S/C13H18N4OS2/c1-4-8(2)14-12(18)9(3)17-11(15-16-13(17)19)10-6-5-7-20-10/h5-9H,4H2,1-3H3,(H,14,18)(H,16,19)/t8-,9+/m0/s1. The fourth-order valence-corrected chi connectivity index (χ4v) is 2.83. The van der Waals surface area contributed by atoms with Gasteiger partial charge >= 0.3 is 0 Å². The Labute approximate surface area is 127 Å². The largest absolute Gasteiger partial charge is 0.352 e. The van der Waals surface area contributed by atoms with E-state index in [2.05, 4.69) is 15.5 Å². The molecule has 0 aromatic carbocycles. The van der Waals surface area contributed by atoms with Gasteiger partial charge in [-0.3, -0.25) is 14.5 Å². The molecular formula is C13H18N4OS2. The lowest BCUT2D eigenvalue weighted by Crippen LogP contribution is -2.37. The molecule has 20 heavy (non-hydrogen) atoms. The molecule has 0 bridgehead atoms. The molecule has 2 N–H and O–H groups in total. The van der Waals surface area contributed by atoms with Crippen LogP contribution in [0.3, 0.4) is 0 Å². The second-order valence-electron chi connectivity index (χ2n) is 4.69. The molecule has 0 saturated carbocycles. The first-order valence-corrected chi connectivity index (χ1v) is 7.84. The van der Waals surface area contributed by atoms with Gasteiger partial charge in [-0.25, -0.2) is 0 Å². The van der Waals surface area contributed by atoms with E-state index < -0.39 is 6.04 Å². The third kappa shape index (κ3) is 2.99.